The number of carbonyl (C=O) groups excluding carboxylic acids is 1. The average Bonchev–Trinajstić information content (AvgIpc) is 3.04. The molecule has 0 saturated heterocycles. The van der Waals surface area contributed by atoms with Crippen molar-refractivity contribution in [1.29, 1.82) is 0 Å². The number of hydrogen-bond donors (Lipinski definition) is 2. The van der Waals surface area contributed by atoms with Crippen LogP contribution in [0.25, 0.3) is 0 Å². The maximum atomic E-state index is 12.2. The molecule has 0 bridgehead atoms. The molecule has 20 heavy (non-hydrogen) atoms. The van der Waals surface area contributed by atoms with Crippen LogP contribution in [0.3, 0.4) is 0 Å². The molecule has 1 aromatic rings. The molecule has 3 rings (SSSR count). The van der Waals surface area contributed by atoms with Crippen LogP contribution in [-0.2, 0) is 4.79 Å². The molecule has 2 N–H and O–H groups in total. The lowest BCUT2D eigenvalue weighted by Gasteiger charge is -2.04. The Morgan fingerprint density at radius 3 is 2.90 bits per heavy atom. The highest BCUT2D eigenvalue weighted by atomic mass is 32.1. The normalized spacial score (nSPS) is 27.1. The minimum atomic E-state index is 0.0693. The number of aromatic nitrogens is 1. The van der Waals surface area contributed by atoms with Crippen LogP contribution in [-0.4, -0.2) is 22.6 Å². The number of carbonyl (C=O) groups is 1. The quantitative estimate of drug-likeness (QED) is 0.839. The van der Waals surface area contributed by atoms with E-state index in [2.05, 4.69) is 22.1 Å². The first kappa shape index (κ1) is 13.6. The molecule has 106 valence electrons. The van der Waals surface area contributed by atoms with Crippen molar-refractivity contribution in [2.24, 2.45) is 17.8 Å². The molecule has 1 aromatic heterocycles. The third-order valence-electron chi connectivity index (χ3n) is 4.14. The van der Waals surface area contributed by atoms with Gasteiger partial charge < -0.3 is 10.4 Å². The van der Waals surface area contributed by atoms with Crippen molar-refractivity contribution in [2.45, 2.75) is 32.1 Å². The number of anilines is 1. The number of rotatable bonds is 3. The molecule has 0 aromatic carbocycles. The Labute approximate surface area is 122 Å². The zero-order valence-electron chi connectivity index (χ0n) is 11.3. The lowest BCUT2D eigenvalue weighted by molar-refractivity contribution is -0.117. The number of aliphatic hydroxyl groups excluding tert-OH is 1. The van der Waals surface area contributed by atoms with Gasteiger partial charge in [0.1, 0.15) is 0 Å². The van der Waals surface area contributed by atoms with Gasteiger partial charge in [-0.2, -0.15) is 0 Å². The van der Waals surface area contributed by atoms with E-state index in [0.717, 1.165) is 4.88 Å². The molecule has 2 aliphatic carbocycles. The molecule has 2 fully saturated rings. The summed E-state index contributed by atoms with van der Waals surface area (Å²) in [6, 6.07) is 0. The van der Waals surface area contributed by atoms with Crippen LogP contribution in [0.15, 0.2) is 6.20 Å². The van der Waals surface area contributed by atoms with Crippen molar-refractivity contribution in [3.8, 4) is 11.8 Å². The first-order valence-corrected chi connectivity index (χ1v) is 7.97. The van der Waals surface area contributed by atoms with Crippen LogP contribution in [0.4, 0.5) is 5.13 Å². The Morgan fingerprint density at radius 1 is 1.45 bits per heavy atom. The fraction of sp³-hybridized carbons (Fsp3) is 0.600. The van der Waals surface area contributed by atoms with Crippen LogP contribution in [0.2, 0.25) is 0 Å². The molecule has 4 nitrogen and oxygen atoms in total. The second-order valence-corrected chi connectivity index (χ2v) is 6.46. The molecule has 5 heteroatoms. The van der Waals surface area contributed by atoms with Crippen LogP contribution in [0.5, 0.6) is 0 Å². The number of nitrogens with one attached hydrogen (secondary N) is 1. The fourth-order valence-electron chi connectivity index (χ4n) is 3.17. The summed E-state index contributed by atoms with van der Waals surface area (Å²) in [6.45, 7) is 0.0693. The van der Waals surface area contributed by atoms with E-state index >= 15 is 0 Å². The van der Waals surface area contributed by atoms with E-state index in [0.29, 0.717) is 23.4 Å². The van der Waals surface area contributed by atoms with Crippen molar-refractivity contribution in [3.63, 3.8) is 0 Å². The SMILES string of the molecule is O=C(Nc1ncc(C#CCCO)s1)C1C2CCCCC21. The summed E-state index contributed by atoms with van der Waals surface area (Å²) in [6.07, 6.45) is 7.09. The topological polar surface area (TPSA) is 62.2 Å². The number of hydrogen-bond acceptors (Lipinski definition) is 4. The second-order valence-electron chi connectivity index (χ2n) is 5.43. The molecule has 1 heterocycles. The number of thiazole rings is 1. The number of nitrogens with zero attached hydrogens (tertiary/aromatic N) is 1. The van der Waals surface area contributed by atoms with Crippen LogP contribution < -0.4 is 5.32 Å². The van der Waals surface area contributed by atoms with Gasteiger partial charge >= 0.3 is 0 Å². The van der Waals surface area contributed by atoms with E-state index < -0.39 is 0 Å². The van der Waals surface area contributed by atoms with Crippen molar-refractivity contribution in [3.05, 3.63) is 11.1 Å². The van der Waals surface area contributed by atoms with Gasteiger partial charge in [0.15, 0.2) is 5.13 Å². The van der Waals surface area contributed by atoms with Gasteiger partial charge in [0.05, 0.1) is 17.7 Å². The highest BCUT2D eigenvalue weighted by Gasteiger charge is 2.54. The molecule has 2 atom stereocenters. The maximum Gasteiger partial charge on any atom is 0.229 e. The monoisotopic (exact) mass is 290 g/mol. The van der Waals surface area contributed by atoms with Gasteiger partial charge in [-0.3, -0.25) is 4.79 Å². The fourth-order valence-corrected chi connectivity index (χ4v) is 3.86. The molecule has 0 spiro atoms. The Balaban J connectivity index is 1.56. The summed E-state index contributed by atoms with van der Waals surface area (Å²) in [7, 11) is 0. The molecular formula is C15H18N2O2S. The molecule has 0 aliphatic heterocycles. The Bertz CT molecular complexity index is 546. The zero-order valence-corrected chi connectivity index (χ0v) is 12.1. The average molecular weight is 290 g/mol. The third-order valence-corrected chi connectivity index (χ3v) is 4.97. The first-order valence-electron chi connectivity index (χ1n) is 7.16. The first-order chi connectivity index (χ1) is 9.79. The largest absolute Gasteiger partial charge is 0.395 e. The molecule has 1 amide bonds. The summed E-state index contributed by atoms with van der Waals surface area (Å²) >= 11 is 1.39. The van der Waals surface area contributed by atoms with E-state index in [1.54, 1.807) is 6.20 Å². The number of amides is 1. The van der Waals surface area contributed by atoms with Crippen molar-refractivity contribution in [2.75, 3.05) is 11.9 Å². The van der Waals surface area contributed by atoms with Gasteiger partial charge in [0.25, 0.3) is 0 Å². The lowest BCUT2D eigenvalue weighted by Crippen LogP contribution is -2.15. The molecule has 2 aliphatic rings. The predicted octanol–water partition coefficient (Wildman–Crippen LogP) is 2.25. The smallest absolute Gasteiger partial charge is 0.229 e. The van der Waals surface area contributed by atoms with Crippen molar-refractivity contribution >= 4 is 22.4 Å². The van der Waals surface area contributed by atoms with E-state index in [1.165, 1.54) is 37.0 Å². The number of fused-ring (bicyclic) bond motifs is 1. The Hall–Kier alpha value is -1.38. The van der Waals surface area contributed by atoms with Crippen LogP contribution in [0.1, 0.15) is 37.0 Å². The van der Waals surface area contributed by atoms with Gasteiger partial charge in [-0.05, 0) is 24.7 Å². The maximum absolute atomic E-state index is 12.2. The molecule has 2 saturated carbocycles. The standard InChI is InChI=1S/C15H18N2O2S/c18-8-4-3-5-10-9-16-15(20-10)17-14(19)13-11-6-1-2-7-12(11)13/h9,11-13,18H,1-2,4,6-8H2,(H,16,17,19). The van der Waals surface area contributed by atoms with Gasteiger partial charge in [-0.15, -0.1) is 0 Å². The van der Waals surface area contributed by atoms with Crippen LogP contribution >= 0.6 is 11.3 Å². The van der Waals surface area contributed by atoms with Crippen molar-refractivity contribution < 1.29 is 9.90 Å². The highest BCUT2D eigenvalue weighted by molar-refractivity contribution is 7.16. The summed E-state index contributed by atoms with van der Waals surface area (Å²) in [5.74, 6) is 7.36. The van der Waals surface area contributed by atoms with Gasteiger partial charge in [-0.25, -0.2) is 4.98 Å². The molecule has 2 unspecified atom stereocenters. The Kier molecular flexibility index (Phi) is 4.04. The van der Waals surface area contributed by atoms with E-state index in [4.69, 9.17) is 5.11 Å². The second kappa shape index (κ2) is 5.94. The van der Waals surface area contributed by atoms with Gasteiger partial charge in [0, 0.05) is 12.3 Å². The van der Waals surface area contributed by atoms with Crippen molar-refractivity contribution in [1.82, 2.24) is 4.98 Å². The van der Waals surface area contributed by atoms with E-state index in [-0.39, 0.29) is 18.4 Å². The van der Waals surface area contributed by atoms with E-state index in [1.807, 2.05) is 0 Å². The minimum Gasteiger partial charge on any atom is -0.395 e. The van der Waals surface area contributed by atoms with Gasteiger partial charge in [0.2, 0.25) is 5.91 Å². The molecular weight excluding hydrogens is 272 g/mol. The van der Waals surface area contributed by atoms with E-state index in [9.17, 15) is 4.79 Å². The predicted molar refractivity (Wildman–Crippen MR) is 78.3 cm³/mol. The summed E-state index contributed by atoms with van der Waals surface area (Å²) in [4.78, 5) is 17.2. The minimum absolute atomic E-state index is 0.0693. The zero-order chi connectivity index (χ0) is 13.9. The highest BCUT2D eigenvalue weighted by Crippen LogP contribution is 2.55. The molecule has 0 radical (unpaired) electrons. The number of aliphatic hydroxyl groups is 1. The Morgan fingerprint density at radius 2 is 2.20 bits per heavy atom. The summed E-state index contributed by atoms with van der Waals surface area (Å²) in [5, 5.41) is 12.2. The summed E-state index contributed by atoms with van der Waals surface area (Å²) < 4.78 is 0. The van der Waals surface area contributed by atoms with Crippen LogP contribution in [0, 0.1) is 29.6 Å². The third kappa shape index (κ3) is 2.87. The lowest BCUT2D eigenvalue weighted by atomic mass is 10.0. The van der Waals surface area contributed by atoms with Gasteiger partial charge in [-0.1, -0.05) is 36.0 Å². The summed E-state index contributed by atoms with van der Waals surface area (Å²) in [5.41, 5.74) is 0.